The van der Waals surface area contributed by atoms with Crippen molar-refractivity contribution in [3.05, 3.63) is 29.8 Å². The zero-order valence-corrected chi connectivity index (χ0v) is 12.2. The summed E-state index contributed by atoms with van der Waals surface area (Å²) in [6, 6.07) is 7.03. The molecule has 0 radical (unpaired) electrons. The standard InChI is InChI=1S/C15H22N2O3/c1-11(2)10-20-13-6-4-5-12(9-13)15(19)17-8-7-14(18)16-3/h4-6,9,11H,7-8,10H2,1-3H3,(H,16,18)(H,17,19). The number of benzene rings is 1. The van der Waals surface area contributed by atoms with Gasteiger partial charge in [-0.1, -0.05) is 19.9 Å². The minimum Gasteiger partial charge on any atom is -0.493 e. The molecule has 0 atom stereocenters. The smallest absolute Gasteiger partial charge is 0.251 e. The molecule has 1 aromatic rings. The van der Waals surface area contributed by atoms with Crippen LogP contribution in [0.3, 0.4) is 0 Å². The molecule has 0 unspecified atom stereocenters. The molecule has 1 aromatic carbocycles. The van der Waals surface area contributed by atoms with Crippen molar-refractivity contribution in [1.82, 2.24) is 10.6 Å². The largest absolute Gasteiger partial charge is 0.493 e. The van der Waals surface area contributed by atoms with Crippen LogP contribution >= 0.6 is 0 Å². The molecule has 0 aliphatic heterocycles. The van der Waals surface area contributed by atoms with E-state index in [4.69, 9.17) is 4.74 Å². The zero-order chi connectivity index (χ0) is 15.0. The van der Waals surface area contributed by atoms with Gasteiger partial charge in [0.25, 0.3) is 5.91 Å². The Morgan fingerprint density at radius 1 is 1.30 bits per heavy atom. The van der Waals surface area contributed by atoms with Crippen molar-refractivity contribution in [1.29, 1.82) is 0 Å². The molecule has 5 nitrogen and oxygen atoms in total. The number of nitrogens with one attached hydrogen (secondary N) is 2. The average Bonchev–Trinajstić information content (AvgIpc) is 2.45. The second kappa shape index (κ2) is 8.19. The van der Waals surface area contributed by atoms with Gasteiger partial charge < -0.3 is 15.4 Å². The summed E-state index contributed by atoms with van der Waals surface area (Å²) < 4.78 is 5.57. The Labute approximate surface area is 119 Å². The second-order valence-corrected chi connectivity index (χ2v) is 4.91. The topological polar surface area (TPSA) is 67.4 Å². The molecule has 2 N–H and O–H groups in total. The first-order chi connectivity index (χ1) is 9.52. The predicted octanol–water partition coefficient (Wildman–Crippen LogP) is 1.59. The van der Waals surface area contributed by atoms with Crippen molar-refractivity contribution in [3.63, 3.8) is 0 Å². The van der Waals surface area contributed by atoms with Gasteiger partial charge in [0.15, 0.2) is 0 Å². The third kappa shape index (κ3) is 5.73. The van der Waals surface area contributed by atoms with Crippen molar-refractivity contribution in [2.75, 3.05) is 20.2 Å². The van der Waals surface area contributed by atoms with Gasteiger partial charge in [-0.05, 0) is 24.1 Å². The molecule has 0 aromatic heterocycles. The number of rotatable bonds is 7. The van der Waals surface area contributed by atoms with Gasteiger partial charge in [0.2, 0.25) is 5.91 Å². The first-order valence-electron chi connectivity index (χ1n) is 6.74. The van der Waals surface area contributed by atoms with Gasteiger partial charge in [-0.15, -0.1) is 0 Å². The summed E-state index contributed by atoms with van der Waals surface area (Å²) in [5, 5.41) is 5.21. The number of hydrogen-bond donors (Lipinski definition) is 2. The molecule has 2 amide bonds. The van der Waals surface area contributed by atoms with E-state index in [9.17, 15) is 9.59 Å². The SMILES string of the molecule is CNC(=O)CCNC(=O)c1cccc(OCC(C)C)c1. The highest BCUT2D eigenvalue weighted by Gasteiger charge is 2.07. The van der Waals surface area contributed by atoms with Crippen molar-refractivity contribution < 1.29 is 14.3 Å². The zero-order valence-electron chi connectivity index (χ0n) is 12.2. The first-order valence-corrected chi connectivity index (χ1v) is 6.74. The van der Waals surface area contributed by atoms with Crippen LogP contribution < -0.4 is 15.4 Å². The number of carbonyl (C=O) groups excluding carboxylic acids is 2. The van der Waals surface area contributed by atoms with E-state index in [1.807, 2.05) is 6.07 Å². The van der Waals surface area contributed by atoms with E-state index in [1.165, 1.54) is 0 Å². The molecule has 0 heterocycles. The fraction of sp³-hybridized carbons (Fsp3) is 0.467. The Morgan fingerprint density at radius 2 is 2.05 bits per heavy atom. The predicted molar refractivity (Wildman–Crippen MR) is 77.8 cm³/mol. The van der Waals surface area contributed by atoms with Crippen molar-refractivity contribution in [2.24, 2.45) is 5.92 Å². The second-order valence-electron chi connectivity index (χ2n) is 4.91. The summed E-state index contributed by atoms with van der Waals surface area (Å²) >= 11 is 0. The number of hydrogen-bond acceptors (Lipinski definition) is 3. The summed E-state index contributed by atoms with van der Waals surface area (Å²) in [5.41, 5.74) is 0.531. The Hall–Kier alpha value is -2.04. The Balaban J connectivity index is 2.51. The van der Waals surface area contributed by atoms with Crippen LogP contribution in [0, 0.1) is 5.92 Å². The molecule has 5 heteroatoms. The monoisotopic (exact) mass is 278 g/mol. The van der Waals surface area contributed by atoms with E-state index < -0.39 is 0 Å². The van der Waals surface area contributed by atoms with E-state index in [0.29, 0.717) is 30.4 Å². The summed E-state index contributed by atoms with van der Waals surface area (Å²) in [6.07, 6.45) is 0.270. The molecular formula is C15H22N2O3. The maximum Gasteiger partial charge on any atom is 0.251 e. The maximum absolute atomic E-state index is 11.9. The minimum atomic E-state index is -0.205. The van der Waals surface area contributed by atoms with Crippen LogP contribution in [0.15, 0.2) is 24.3 Å². The van der Waals surface area contributed by atoms with Crippen LogP contribution in [0.1, 0.15) is 30.6 Å². The number of ether oxygens (including phenoxy) is 1. The van der Waals surface area contributed by atoms with Gasteiger partial charge in [-0.3, -0.25) is 9.59 Å². The first kappa shape index (κ1) is 16.0. The van der Waals surface area contributed by atoms with Crippen LogP contribution in [0.4, 0.5) is 0 Å². The van der Waals surface area contributed by atoms with Gasteiger partial charge in [0, 0.05) is 25.6 Å². The van der Waals surface area contributed by atoms with Gasteiger partial charge >= 0.3 is 0 Å². The summed E-state index contributed by atoms with van der Waals surface area (Å²) in [5.74, 6) is 0.806. The van der Waals surface area contributed by atoms with Crippen molar-refractivity contribution in [3.8, 4) is 5.75 Å². The van der Waals surface area contributed by atoms with Crippen LogP contribution in [0.5, 0.6) is 5.75 Å². The molecule has 110 valence electrons. The lowest BCUT2D eigenvalue weighted by Crippen LogP contribution is -2.29. The van der Waals surface area contributed by atoms with Gasteiger partial charge in [-0.25, -0.2) is 0 Å². The Bertz CT molecular complexity index is 458. The van der Waals surface area contributed by atoms with Gasteiger partial charge in [-0.2, -0.15) is 0 Å². The normalized spacial score (nSPS) is 10.2. The molecule has 0 aliphatic rings. The minimum absolute atomic E-state index is 0.0979. The lowest BCUT2D eigenvalue weighted by Gasteiger charge is -2.10. The maximum atomic E-state index is 11.9. The summed E-state index contributed by atoms with van der Waals surface area (Å²) in [7, 11) is 1.57. The molecule has 0 saturated heterocycles. The van der Waals surface area contributed by atoms with Crippen molar-refractivity contribution >= 4 is 11.8 Å². The fourth-order valence-electron chi connectivity index (χ4n) is 1.51. The van der Waals surface area contributed by atoms with Crippen LogP contribution in [-0.2, 0) is 4.79 Å². The lowest BCUT2D eigenvalue weighted by molar-refractivity contribution is -0.120. The number of carbonyl (C=O) groups is 2. The van der Waals surface area contributed by atoms with E-state index in [2.05, 4.69) is 24.5 Å². The molecule has 20 heavy (non-hydrogen) atoms. The molecule has 0 aliphatic carbocycles. The third-order valence-electron chi connectivity index (χ3n) is 2.60. The molecule has 0 saturated carbocycles. The lowest BCUT2D eigenvalue weighted by atomic mass is 10.2. The summed E-state index contributed by atoms with van der Waals surface area (Å²) in [6.45, 7) is 5.06. The molecule has 0 bridgehead atoms. The highest BCUT2D eigenvalue weighted by molar-refractivity contribution is 5.94. The third-order valence-corrected chi connectivity index (χ3v) is 2.60. The number of amides is 2. The molecular weight excluding hydrogens is 256 g/mol. The Kier molecular flexibility index (Phi) is 6.56. The van der Waals surface area contributed by atoms with E-state index in [1.54, 1.807) is 25.2 Å². The van der Waals surface area contributed by atoms with Crippen molar-refractivity contribution in [2.45, 2.75) is 20.3 Å². The Morgan fingerprint density at radius 3 is 2.70 bits per heavy atom. The molecule has 0 fully saturated rings. The van der Waals surface area contributed by atoms with Gasteiger partial charge in [0.1, 0.15) is 5.75 Å². The molecule has 0 spiro atoms. The van der Waals surface area contributed by atoms with E-state index in [0.717, 1.165) is 0 Å². The van der Waals surface area contributed by atoms with Crippen LogP contribution in [0.25, 0.3) is 0 Å². The van der Waals surface area contributed by atoms with Crippen LogP contribution in [0.2, 0.25) is 0 Å². The quantitative estimate of drug-likeness (QED) is 0.796. The fourth-order valence-corrected chi connectivity index (χ4v) is 1.51. The van der Waals surface area contributed by atoms with E-state index in [-0.39, 0.29) is 18.2 Å². The summed E-state index contributed by atoms with van der Waals surface area (Å²) in [4.78, 5) is 23.0. The van der Waals surface area contributed by atoms with Gasteiger partial charge in [0.05, 0.1) is 6.61 Å². The van der Waals surface area contributed by atoms with Crippen LogP contribution in [-0.4, -0.2) is 32.0 Å². The van der Waals surface area contributed by atoms with E-state index >= 15 is 0 Å². The highest BCUT2D eigenvalue weighted by Crippen LogP contribution is 2.14. The highest BCUT2D eigenvalue weighted by atomic mass is 16.5. The average molecular weight is 278 g/mol. The molecule has 1 rings (SSSR count).